The van der Waals surface area contributed by atoms with Gasteiger partial charge in [-0.3, -0.25) is 4.90 Å². The molecule has 3 nitrogen and oxygen atoms in total. The maximum Gasteiger partial charge on any atom is 0.161 e. The molecule has 0 saturated carbocycles. The zero-order chi connectivity index (χ0) is 13.8. The van der Waals surface area contributed by atoms with Crippen molar-refractivity contribution in [2.24, 2.45) is 0 Å². The highest BCUT2D eigenvalue weighted by Gasteiger charge is 2.19. The average Bonchev–Trinajstić information content (AvgIpc) is 2.41. The number of morpholine rings is 1. The number of hydrogen-bond acceptors (Lipinski definition) is 3. The summed E-state index contributed by atoms with van der Waals surface area (Å²) in [6, 6.07) is 1.36. The molecular weight excluding hydrogens is 257 g/mol. The molecule has 0 aromatic heterocycles. The lowest BCUT2D eigenvalue weighted by Crippen LogP contribution is -2.45. The van der Waals surface area contributed by atoms with Crippen molar-refractivity contribution in [3.63, 3.8) is 0 Å². The van der Waals surface area contributed by atoms with Crippen LogP contribution >= 0.6 is 0 Å². The first kappa shape index (κ1) is 14.1. The summed E-state index contributed by atoms with van der Waals surface area (Å²) in [6.07, 6.45) is -0.0822. The van der Waals surface area contributed by atoms with Crippen molar-refractivity contribution in [3.05, 3.63) is 29.6 Å². The number of likely N-dealkylation sites (N-methyl/N-ethyl adjacent to an activating group) is 1. The van der Waals surface area contributed by atoms with Crippen molar-refractivity contribution >= 4 is 5.69 Å². The standard InChI is InChI=1S/C13H17F3N2O/c1-2-18-3-4-19-9(8-18)7-17-13-6-11(15)10(14)5-12(13)16/h5-6,9,17H,2-4,7-8H2,1H3. The normalized spacial score (nSPS) is 20.5. The third-order valence-electron chi connectivity index (χ3n) is 3.20. The summed E-state index contributed by atoms with van der Waals surface area (Å²) in [7, 11) is 0. The van der Waals surface area contributed by atoms with Crippen molar-refractivity contribution in [2.75, 3.05) is 38.1 Å². The van der Waals surface area contributed by atoms with Gasteiger partial charge in [-0.1, -0.05) is 6.92 Å². The first-order valence-electron chi connectivity index (χ1n) is 6.32. The molecule has 1 unspecified atom stereocenters. The van der Waals surface area contributed by atoms with Crippen molar-refractivity contribution in [1.29, 1.82) is 0 Å². The van der Waals surface area contributed by atoms with Crippen LogP contribution in [0.2, 0.25) is 0 Å². The van der Waals surface area contributed by atoms with Crippen LogP contribution in [0.4, 0.5) is 18.9 Å². The van der Waals surface area contributed by atoms with E-state index >= 15 is 0 Å². The highest BCUT2D eigenvalue weighted by molar-refractivity contribution is 5.45. The Hall–Kier alpha value is -1.27. The largest absolute Gasteiger partial charge is 0.380 e. The molecule has 1 fully saturated rings. The smallest absolute Gasteiger partial charge is 0.161 e. The van der Waals surface area contributed by atoms with E-state index in [2.05, 4.69) is 17.1 Å². The van der Waals surface area contributed by atoms with Gasteiger partial charge in [0.05, 0.1) is 18.4 Å². The number of nitrogens with one attached hydrogen (secondary N) is 1. The van der Waals surface area contributed by atoms with Gasteiger partial charge in [0.25, 0.3) is 0 Å². The van der Waals surface area contributed by atoms with E-state index < -0.39 is 17.5 Å². The van der Waals surface area contributed by atoms with Gasteiger partial charge in [-0.2, -0.15) is 0 Å². The number of nitrogens with zero attached hydrogens (tertiary/aromatic N) is 1. The fraction of sp³-hybridized carbons (Fsp3) is 0.538. The number of benzene rings is 1. The first-order chi connectivity index (χ1) is 9.10. The fourth-order valence-corrected chi connectivity index (χ4v) is 2.07. The molecule has 1 aromatic rings. The van der Waals surface area contributed by atoms with Crippen LogP contribution in [0.25, 0.3) is 0 Å². The Bertz CT molecular complexity index is 442. The van der Waals surface area contributed by atoms with Gasteiger partial charge in [0.2, 0.25) is 0 Å². The topological polar surface area (TPSA) is 24.5 Å². The molecule has 19 heavy (non-hydrogen) atoms. The van der Waals surface area contributed by atoms with E-state index in [4.69, 9.17) is 4.74 Å². The van der Waals surface area contributed by atoms with Crippen molar-refractivity contribution < 1.29 is 17.9 Å². The Kier molecular flexibility index (Phi) is 4.66. The molecule has 0 amide bonds. The van der Waals surface area contributed by atoms with E-state index in [9.17, 15) is 13.2 Å². The predicted molar refractivity (Wildman–Crippen MR) is 66.7 cm³/mol. The van der Waals surface area contributed by atoms with E-state index in [1.54, 1.807) is 0 Å². The second-order valence-electron chi connectivity index (χ2n) is 4.51. The summed E-state index contributed by atoms with van der Waals surface area (Å²) in [4.78, 5) is 2.22. The lowest BCUT2D eigenvalue weighted by atomic mass is 10.2. The van der Waals surface area contributed by atoms with Crippen LogP contribution in [0.5, 0.6) is 0 Å². The Labute approximate surface area is 110 Å². The molecule has 1 atom stereocenters. The van der Waals surface area contributed by atoms with Crippen molar-refractivity contribution in [3.8, 4) is 0 Å². The van der Waals surface area contributed by atoms with Crippen LogP contribution in [0.15, 0.2) is 12.1 Å². The predicted octanol–water partition coefficient (Wildman–Crippen LogP) is 2.24. The highest BCUT2D eigenvalue weighted by Crippen LogP contribution is 2.18. The Morgan fingerprint density at radius 1 is 1.26 bits per heavy atom. The molecule has 1 aromatic carbocycles. The van der Waals surface area contributed by atoms with Gasteiger partial charge in [0.1, 0.15) is 5.82 Å². The van der Waals surface area contributed by atoms with E-state index in [1.807, 2.05) is 0 Å². The minimum atomic E-state index is -1.19. The van der Waals surface area contributed by atoms with Crippen LogP contribution < -0.4 is 5.32 Å². The van der Waals surface area contributed by atoms with Crippen LogP contribution in [0.3, 0.4) is 0 Å². The van der Waals surface area contributed by atoms with Gasteiger partial charge in [0.15, 0.2) is 11.6 Å². The van der Waals surface area contributed by atoms with Gasteiger partial charge in [-0.15, -0.1) is 0 Å². The molecule has 0 radical (unpaired) electrons. The number of rotatable bonds is 4. The minimum Gasteiger partial charge on any atom is -0.380 e. The number of anilines is 1. The second-order valence-corrected chi connectivity index (χ2v) is 4.51. The molecule has 2 rings (SSSR count). The first-order valence-corrected chi connectivity index (χ1v) is 6.32. The van der Waals surface area contributed by atoms with Gasteiger partial charge in [-0.05, 0) is 6.54 Å². The van der Waals surface area contributed by atoms with Crippen molar-refractivity contribution in [2.45, 2.75) is 13.0 Å². The molecular formula is C13H17F3N2O. The van der Waals surface area contributed by atoms with Crippen LogP contribution in [0.1, 0.15) is 6.92 Å². The lowest BCUT2D eigenvalue weighted by molar-refractivity contribution is -0.0192. The van der Waals surface area contributed by atoms with Crippen molar-refractivity contribution in [1.82, 2.24) is 4.90 Å². The van der Waals surface area contributed by atoms with Crippen LogP contribution in [-0.2, 0) is 4.74 Å². The third-order valence-corrected chi connectivity index (χ3v) is 3.20. The maximum absolute atomic E-state index is 13.4. The second kappa shape index (κ2) is 6.25. The molecule has 1 heterocycles. The maximum atomic E-state index is 13.4. The quantitative estimate of drug-likeness (QED) is 0.852. The summed E-state index contributed by atoms with van der Waals surface area (Å²) >= 11 is 0. The average molecular weight is 274 g/mol. The van der Waals surface area contributed by atoms with Gasteiger partial charge >= 0.3 is 0 Å². The van der Waals surface area contributed by atoms with Crippen LogP contribution in [-0.4, -0.2) is 43.8 Å². The summed E-state index contributed by atoms with van der Waals surface area (Å²) in [5.41, 5.74) is -0.0453. The molecule has 1 saturated heterocycles. The fourth-order valence-electron chi connectivity index (χ4n) is 2.07. The zero-order valence-electron chi connectivity index (χ0n) is 10.8. The van der Waals surface area contributed by atoms with Crippen LogP contribution in [0, 0.1) is 17.5 Å². The minimum absolute atomic E-state index is 0.0453. The molecule has 0 aliphatic carbocycles. The molecule has 1 N–H and O–H groups in total. The number of ether oxygens (including phenoxy) is 1. The Morgan fingerprint density at radius 3 is 2.74 bits per heavy atom. The van der Waals surface area contributed by atoms with Gasteiger partial charge in [-0.25, -0.2) is 13.2 Å². The molecule has 1 aliphatic rings. The Balaban J connectivity index is 1.93. The summed E-state index contributed by atoms with van der Waals surface area (Å²) < 4.78 is 44.7. The summed E-state index contributed by atoms with van der Waals surface area (Å²) in [5.74, 6) is -3.06. The lowest BCUT2D eigenvalue weighted by Gasteiger charge is -2.32. The summed E-state index contributed by atoms with van der Waals surface area (Å²) in [5, 5.41) is 2.76. The van der Waals surface area contributed by atoms with Gasteiger partial charge in [0, 0.05) is 31.8 Å². The Morgan fingerprint density at radius 2 is 2.00 bits per heavy atom. The third kappa shape index (κ3) is 3.61. The molecule has 6 heteroatoms. The van der Waals surface area contributed by atoms with Gasteiger partial charge < -0.3 is 10.1 Å². The monoisotopic (exact) mass is 274 g/mol. The highest BCUT2D eigenvalue weighted by atomic mass is 19.2. The number of halogens is 3. The summed E-state index contributed by atoms with van der Waals surface area (Å²) in [6.45, 7) is 5.60. The molecule has 0 spiro atoms. The van der Waals surface area contributed by atoms with E-state index in [1.165, 1.54) is 0 Å². The zero-order valence-corrected chi connectivity index (χ0v) is 10.8. The van der Waals surface area contributed by atoms with E-state index in [0.717, 1.165) is 25.7 Å². The molecule has 106 valence electrons. The molecule has 1 aliphatic heterocycles. The van der Waals surface area contributed by atoms with E-state index in [0.29, 0.717) is 19.2 Å². The molecule has 0 bridgehead atoms. The number of hydrogen-bond donors (Lipinski definition) is 1. The SMILES string of the molecule is CCN1CCOC(CNc2cc(F)c(F)cc2F)C1. The van der Waals surface area contributed by atoms with E-state index in [-0.39, 0.29) is 11.8 Å².